The Morgan fingerprint density at radius 3 is 1.08 bits per heavy atom. The smallest absolute Gasteiger partial charge is 0.252 e. The molecule has 112 heavy (non-hydrogen) atoms. The number of ether oxygens (including phenoxy) is 3. The zero-order valence-electron chi connectivity index (χ0n) is 65.7. The number of nitrogens with one attached hydrogen (secondary N) is 4. The van der Waals surface area contributed by atoms with Crippen molar-refractivity contribution in [1.82, 2.24) is 74.4 Å². The SMILES string of the molecule is C#CCOc1ccc(CN2CCC(c3cc(=O)[nH]c(N4CCCC4)n3)CC2)cc1.CN(C)c1ncc(CN2CCC(c3cc(=O)[nH]c(N4CCCC4)n3)CC2)cn1.COc1cc(CN2CCC(c3cc(=O)[nH]c(N4CCCC4)n3)CC2)cc(OC)c1O.O=c1cc(C2CCN(Cc3cccnc3)CC2)nc(N2CCCC2)[nH]1. The Morgan fingerprint density at radius 2 is 0.768 bits per heavy atom. The highest BCUT2D eigenvalue weighted by atomic mass is 16.5. The fourth-order valence-corrected chi connectivity index (χ4v) is 16.6. The number of methoxy groups -OCH3 is 2. The van der Waals surface area contributed by atoms with Gasteiger partial charge in [0.05, 0.1) is 37.0 Å². The van der Waals surface area contributed by atoms with Crippen LogP contribution in [0, 0.1) is 12.3 Å². The number of piperidine rings is 4. The molecule has 8 aliphatic rings. The molecule has 8 aliphatic heterocycles. The Morgan fingerprint density at radius 1 is 0.438 bits per heavy atom. The van der Waals surface area contributed by atoms with Crippen LogP contribution in [-0.2, 0) is 26.2 Å². The van der Waals surface area contributed by atoms with E-state index in [0.29, 0.717) is 41.8 Å². The van der Waals surface area contributed by atoms with E-state index in [0.717, 1.165) is 264 Å². The summed E-state index contributed by atoms with van der Waals surface area (Å²) in [6, 6.07) is 22.7. The number of rotatable bonds is 21. The summed E-state index contributed by atoms with van der Waals surface area (Å²) >= 11 is 0. The molecule has 2 aromatic carbocycles. The number of anilines is 5. The van der Waals surface area contributed by atoms with Gasteiger partial charge in [0.15, 0.2) is 11.5 Å². The number of nitrogens with zero attached hydrogens (tertiary/aromatic N) is 16. The van der Waals surface area contributed by atoms with E-state index in [2.05, 4.69) is 98.2 Å². The standard InChI is InChI=1S/C23H28N4O2.C22H30N4O4.C20H29N7O.C19H25N5O/c1-2-15-29-20-7-5-18(6-8-20)17-26-13-9-19(10-14-26)21-16-22(28)25-23(24-21)27-11-3-4-12-27;1-29-18-11-15(12-19(30-2)21(18)28)14-25-9-5-16(6-10-25)17-13-20(27)24-22(23-17)26-7-3-4-8-26;1-25(2)19-21-12-15(13-22-19)14-26-9-5-16(6-10-26)17-11-18(28)24-20(23-17)27-7-3-4-8-27;25-18-12-17(21-19(22-18)24-8-1-2-9-24)16-5-10-23(11-6-16)14-15-4-3-7-20-13-15/h1,5-8,16,19H,3-4,9-15,17H2,(H,24,25,28);11-13,16,28H,3-10,14H2,1-2H3,(H,23,24,27);11-13,16H,3-10,14H2,1-2H3,(H,23,24,28);3-4,7,12-13,16H,1-2,5-6,8-11,14H2,(H,21,22,25). The third-order valence-corrected chi connectivity index (χ3v) is 22.9. The Kier molecular flexibility index (Phi) is 28.0. The van der Waals surface area contributed by atoms with Crippen LogP contribution in [0.2, 0.25) is 0 Å². The van der Waals surface area contributed by atoms with Gasteiger partial charge in [-0.05, 0) is 202 Å². The average Bonchev–Trinajstić information content (AvgIpc) is 1.71. The summed E-state index contributed by atoms with van der Waals surface area (Å²) < 4.78 is 16.0. The van der Waals surface area contributed by atoms with E-state index >= 15 is 0 Å². The van der Waals surface area contributed by atoms with Crippen LogP contribution in [0.15, 0.2) is 117 Å². The van der Waals surface area contributed by atoms with Crippen molar-refractivity contribution >= 4 is 29.7 Å². The molecule has 0 amide bonds. The Balaban J connectivity index is 0.000000131. The second-order valence-electron chi connectivity index (χ2n) is 31.1. The van der Waals surface area contributed by atoms with Crippen LogP contribution in [0.4, 0.5) is 29.7 Å². The third kappa shape index (κ3) is 22.1. The molecule has 8 saturated heterocycles. The molecular weight excluding hydrogens is 1420 g/mol. The van der Waals surface area contributed by atoms with Gasteiger partial charge in [-0.2, -0.15) is 0 Å². The van der Waals surface area contributed by atoms with Crippen LogP contribution in [0.5, 0.6) is 23.0 Å². The predicted octanol–water partition coefficient (Wildman–Crippen LogP) is 8.98. The molecule has 5 N–H and O–H groups in total. The number of phenols is 1. The van der Waals surface area contributed by atoms with Crippen molar-refractivity contribution in [3.05, 3.63) is 184 Å². The van der Waals surface area contributed by atoms with E-state index in [4.69, 9.17) is 40.6 Å². The molecule has 0 aliphatic carbocycles. The lowest BCUT2D eigenvalue weighted by atomic mass is 9.93. The predicted molar refractivity (Wildman–Crippen MR) is 437 cm³/mol. The van der Waals surface area contributed by atoms with Crippen molar-refractivity contribution in [3.8, 4) is 35.3 Å². The normalized spacial score (nSPS) is 18.5. The van der Waals surface area contributed by atoms with Crippen LogP contribution >= 0.6 is 0 Å². The van der Waals surface area contributed by atoms with E-state index < -0.39 is 0 Å². The topological polar surface area (TPSA) is 299 Å². The number of hydrogen-bond donors (Lipinski definition) is 5. The molecule has 0 radical (unpaired) electrons. The number of hydrogen-bond acceptors (Lipinski definition) is 24. The summed E-state index contributed by atoms with van der Waals surface area (Å²) in [7, 11) is 6.96. The quantitative estimate of drug-likeness (QED) is 0.0419. The zero-order chi connectivity index (χ0) is 77.7. The molecule has 8 aromatic rings. The largest absolute Gasteiger partial charge is 0.502 e. The molecule has 0 unspecified atom stereocenters. The zero-order valence-corrected chi connectivity index (χ0v) is 65.7. The third-order valence-electron chi connectivity index (χ3n) is 22.9. The van der Waals surface area contributed by atoms with E-state index in [1.54, 1.807) is 24.3 Å². The van der Waals surface area contributed by atoms with Gasteiger partial charge in [-0.25, -0.2) is 29.9 Å². The van der Waals surface area contributed by atoms with Crippen molar-refractivity contribution in [1.29, 1.82) is 0 Å². The molecule has 28 heteroatoms. The Labute approximate surface area is 656 Å². The summed E-state index contributed by atoms with van der Waals surface area (Å²) in [6.07, 6.45) is 30.3. The maximum absolute atomic E-state index is 12.2. The highest BCUT2D eigenvalue weighted by Gasteiger charge is 2.30. The van der Waals surface area contributed by atoms with Crippen LogP contribution in [0.3, 0.4) is 0 Å². The Hall–Kier alpha value is -10.2. The van der Waals surface area contributed by atoms with E-state index in [1.807, 2.05) is 74.1 Å². The highest BCUT2D eigenvalue weighted by molar-refractivity contribution is 5.53. The lowest BCUT2D eigenvalue weighted by Crippen LogP contribution is -2.33. The van der Waals surface area contributed by atoms with Crippen LogP contribution < -0.4 is 60.9 Å². The number of benzene rings is 2. The van der Waals surface area contributed by atoms with Gasteiger partial charge in [0.25, 0.3) is 22.2 Å². The molecule has 0 atom stereocenters. The summed E-state index contributed by atoms with van der Waals surface area (Å²) in [5, 5.41) is 10.1. The minimum atomic E-state index is -0.0624. The first-order chi connectivity index (χ1) is 54.6. The van der Waals surface area contributed by atoms with Crippen LogP contribution in [-0.4, -0.2) is 219 Å². The maximum atomic E-state index is 12.2. The monoisotopic (exact) mass is 1530 g/mol. The van der Waals surface area contributed by atoms with Crippen molar-refractivity contribution in [3.63, 3.8) is 0 Å². The van der Waals surface area contributed by atoms with Gasteiger partial charge < -0.3 is 43.8 Å². The molecule has 0 spiro atoms. The molecular formula is C84H112N20O8. The fraction of sp³-hybridized carbons (Fsp3) is 0.536. The minimum absolute atomic E-state index is 0.0234. The number of aromatic amines is 4. The van der Waals surface area contributed by atoms with E-state index in [1.165, 1.54) is 63.9 Å². The first kappa shape index (κ1) is 79.9. The molecule has 596 valence electrons. The molecule has 6 aromatic heterocycles. The minimum Gasteiger partial charge on any atom is -0.502 e. The molecule has 0 saturated carbocycles. The number of H-pyrrole nitrogens is 4. The van der Waals surface area contributed by atoms with Gasteiger partial charge in [-0.3, -0.25) is 63.7 Å². The van der Waals surface area contributed by atoms with Gasteiger partial charge in [-0.1, -0.05) is 24.1 Å². The van der Waals surface area contributed by atoms with Gasteiger partial charge in [0.1, 0.15) is 12.4 Å². The second kappa shape index (κ2) is 39.3. The lowest BCUT2D eigenvalue weighted by Gasteiger charge is -2.32. The van der Waals surface area contributed by atoms with Crippen molar-refractivity contribution in [2.24, 2.45) is 0 Å². The lowest BCUT2D eigenvalue weighted by molar-refractivity contribution is 0.202. The molecule has 16 rings (SSSR count). The fourth-order valence-electron chi connectivity index (χ4n) is 16.6. The van der Waals surface area contributed by atoms with Gasteiger partial charge in [0.2, 0.25) is 35.5 Å². The van der Waals surface area contributed by atoms with Gasteiger partial charge >= 0.3 is 0 Å². The molecule has 0 bridgehead atoms. The Bertz CT molecular complexity index is 4550. The average molecular weight is 1530 g/mol. The number of likely N-dealkylation sites (tertiary alicyclic amines) is 4. The van der Waals surface area contributed by atoms with E-state index in [9.17, 15) is 24.3 Å². The first-order valence-corrected chi connectivity index (χ1v) is 40.4. The number of pyridine rings is 1. The second-order valence-corrected chi connectivity index (χ2v) is 31.1. The summed E-state index contributed by atoms with van der Waals surface area (Å²) in [5.41, 5.74) is 8.30. The maximum Gasteiger partial charge on any atom is 0.252 e. The number of terminal acetylenes is 1. The molecule has 8 fully saturated rings. The summed E-state index contributed by atoms with van der Waals surface area (Å²) in [5.74, 6) is 9.25. The van der Waals surface area contributed by atoms with Crippen molar-refractivity contribution in [2.75, 3.05) is 164 Å². The summed E-state index contributed by atoms with van der Waals surface area (Å²) in [6.45, 7) is 19.5. The van der Waals surface area contributed by atoms with E-state index in [-0.39, 0.29) is 28.0 Å². The van der Waals surface area contributed by atoms with Crippen LogP contribution in [0.1, 0.15) is 171 Å². The first-order valence-electron chi connectivity index (χ1n) is 40.4. The molecule has 28 nitrogen and oxygen atoms in total. The summed E-state index contributed by atoms with van der Waals surface area (Å²) in [4.78, 5) is 113. The van der Waals surface area contributed by atoms with Gasteiger partial charge in [-0.15, -0.1) is 6.42 Å². The number of aromatic hydroxyl groups is 1. The van der Waals surface area contributed by atoms with Gasteiger partial charge in [0, 0.05) is 171 Å². The van der Waals surface area contributed by atoms with Crippen molar-refractivity contribution in [2.45, 2.75) is 153 Å². The van der Waals surface area contributed by atoms with Crippen LogP contribution in [0.25, 0.3) is 0 Å². The highest BCUT2D eigenvalue weighted by Crippen LogP contribution is 2.39. The molecule has 14 heterocycles. The van der Waals surface area contributed by atoms with Crippen molar-refractivity contribution < 1.29 is 19.3 Å². The number of aromatic nitrogens is 11. The number of phenolic OH excluding ortho intramolecular Hbond substituents is 1.